The Morgan fingerprint density at radius 1 is 1.15 bits per heavy atom. The molecule has 0 saturated carbocycles. The van der Waals surface area contributed by atoms with Crippen LogP contribution in [0.15, 0.2) is 36.4 Å². The highest BCUT2D eigenvalue weighted by Gasteiger charge is 2.27. The van der Waals surface area contributed by atoms with E-state index in [1.165, 1.54) is 30.2 Å². The second-order valence-electron chi connectivity index (χ2n) is 7.48. The van der Waals surface area contributed by atoms with Gasteiger partial charge in [0.1, 0.15) is 11.8 Å². The van der Waals surface area contributed by atoms with Gasteiger partial charge in [-0.15, -0.1) is 0 Å². The van der Waals surface area contributed by atoms with Crippen LogP contribution in [0.1, 0.15) is 26.3 Å². The molecule has 0 aromatic heterocycles. The zero-order valence-electron chi connectivity index (χ0n) is 18.6. The van der Waals surface area contributed by atoms with Crippen LogP contribution in [0.5, 0.6) is 11.5 Å². The predicted octanol–water partition coefficient (Wildman–Crippen LogP) is 4.23. The van der Waals surface area contributed by atoms with Crippen molar-refractivity contribution >= 4 is 40.7 Å². The first-order valence-electron chi connectivity index (χ1n) is 10.0. The third kappa shape index (κ3) is 7.23. The molecule has 11 heteroatoms. The summed E-state index contributed by atoms with van der Waals surface area (Å²) in [5.74, 6) is -0.612. The molecule has 0 spiro atoms. The number of hydrogen-bond acceptors (Lipinski definition) is 6. The fourth-order valence-corrected chi connectivity index (χ4v) is 3.42. The molecule has 0 heterocycles. The Morgan fingerprint density at radius 2 is 1.85 bits per heavy atom. The van der Waals surface area contributed by atoms with E-state index >= 15 is 0 Å². The minimum Gasteiger partial charge on any atom is -0.490 e. The first-order valence-corrected chi connectivity index (χ1v) is 10.8. The van der Waals surface area contributed by atoms with Gasteiger partial charge in [-0.05, 0) is 44.5 Å². The summed E-state index contributed by atoms with van der Waals surface area (Å²) in [7, 11) is 1.30. The third-order valence-electron chi connectivity index (χ3n) is 4.66. The van der Waals surface area contributed by atoms with Crippen molar-refractivity contribution in [3.05, 3.63) is 62.1 Å². The summed E-state index contributed by atoms with van der Waals surface area (Å²) in [6, 6.07) is 7.86. The average Bonchev–Trinajstić information content (AvgIpc) is 2.75. The van der Waals surface area contributed by atoms with E-state index in [0.29, 0.717) is 15.6 Å². The van der Waals surface area contributed by atoms with E-state index in [1.807, 2.05) is 13.8 Å². The minimum absolute atomic E-state index is 0.000527. The van der Waals surface area contributed by atoms with Gasteiger partial charge in [-0.3, -0.25) is 19.7 Å². The van der Waals surface area contributed by atoms with Crippen LogP contribution in [0.4, 0.5) is 5.69 Å². The van der Waals surface area contributed by atoms with Crippen LogP contribution in [0.25, 0.3) is 0 Å². The number of carbonyl (C=O) groups is 2. The summed E-state index contributed by atoms with van der Waals surface area (Å²) in [6.07, 6.45) is 0. The normalized spacial score (nSPS) is 11.6. The number of hydrogen-bond donors (Lipinski definition) is 1. The van der Waals surface area contributed by atoms with E-state index in [9.17, 15) is 19.7 Å². The number of amides is 2. The van der Waals surface area contributed by atoms with Crippen molar-refractivity contribution in [2.75, 3.05) is 13.7 Å². The van der Waals surface area contributed by atoms with Crippen LogP contribution in [0, 0.1) is 10.1 Å². The monoisotopic (exact) mass is 497 g/mol. The Labute approximate surface area is 201 Å². The lowest BCUT2D eigenvalue weighted by atomic mass is 10.1. The van der Waals surface area contributed by atoms with Gasteiger partial charge in [0.25, 0.3) is 5.91 Å². The number of nitrogens with one attached hydrogen (secondary N) is 1. The van der Waals surface area contributed by atoms with Crippen LogP contribution in [-0.2, 0) is 16.1 Å². The summed E-state index contributed by atoms with van der Waals surface area (Å²) in [5, 5.41) is 14.6. The Morgan fingerprint density at radius 3 is 2.42 bits per heavy atom. The number of rotatable bonds is 10. The average molecular weight is 498 g/mol. The van der Waals surface area contributed by atoms with Crippen LogP contribution in [0.3, 0.4) is 0 Å². The van der Waals surface area contributed by atoms with E-state index in [0.717, 1.165) is 0 Å². The Hall–Kier alpha value is -3.04. The smallest absolute Gasteiger partial charge is 0.311 e. The largest absolute Gasteiger partial charge is 0.490 e. The van der Waals surface area contributed by atoms with Gasteiger partial charge < -0.3 is 19.7 Å². The van der Waals surface area contributed by atoms with Crippen LogP contribution >= 0.6 is 23.2 Å². The number of nitro groups is 1. The lowest BCUT2D eigenvalue weighted by Gasteiger charge is -2.29. The van der Waals surface area contributed by atoms with E-state index in [4.69, 9.17) is 32.7 Å². The van der Waals surface area contributed by atoms with Crippen molar-refractivity contribution in [1.82, 2.24) is 10.2 Å². The van der Waals surface area contributed by atoms with E-state index in [-0.39, 0.29) is 35.7 Å². The minimum atomic E-state index is -0.818. The summed E-state index contributed by atoms with van der Waals surface area (Å²) in [4.78, 5) is 37.5. The van der Waals surface area contributed by atoms with Gasteiger partial charge >= 0.3 is 5.69 Å². The number of ether oxygens (including phenoxy) is 2. The Bertz CT molecular complexity index is 1030. The zero-order chi connectivity index (χ0) is 24.7. The number of halogens is 2. The molecule has 178 valence electrons. The van der Waals surface area contributed by atoms with Crippen molar-refractivity contribution in [2.45, 2.75) is 39.4 Å². The third-order valence-corrected chi connectivity index (χ3v) is 5.25. The molecule has 2 aromatic carbocycles. The molecular weight excluding hydrogens is 473 g/mol. The van der Waals surface area contributed by atoms with E-state index in [1.54, 1.807) is 25.1 Å². The lowest BCUT2D eigenvalue weighted by Crippen LogP contribution is -2.50. The molecule has 0 unspecified atom stereocenters. The fraction of sp³-hybridized carbons (Fsp3) is 0.364. The Balaban J connectivity index is 2.23. The van der Waals surface area contributed by atoms with E-state index < -0.39 is 23.5 Å². The lowest BCUT2D eigenvalue weighted by molar-refractivity contribution is -0.385. The molecule has 1 N–H and O–H groups in total. The van der Waals surface area contributed by atoms with Crippen molar-refractivity contribution < 1.29 is 24.0 Å². The highest BCUT2D eigenvalue weighted by Crippen LogP contribution is 2.31. The molecule has 0 saturated heterocycles. The quantitative estimate of drug-likeness (QED) is 0.388. The molecule has 0 radical (unpaired) electrons. The zero-order valence-corrected chi connectivity index (χ0v) is 20.1. The van der Waals surface area contributed by atoms with Gasteiger partial charge in [-0.25, -0.2) is 0 Å². The topological polar surface area (TPSA) is 111 Å². The van der Waals surface area contributed by atoms with Gasteiger partial charge in [0, 0.05) is 34.8 Å². The second kappa shape index (κ2) is 11.7. The van der Waals surface area contributed by atoms with Crippen molar-refractivity contribution in [3.8, 4) is 11.5 Å². The molecule has 2 rings (SSSR count). The predicted molar refractivity (Wildman–Crippen MR) is 125 cm³/mol. The maximum atomic E-state index is 13.1. The second-order valence-corrected chi connectivity index (χ2v) is 8.32. The van der Waals surface area contributed by atoms with Crippen LogP contribution in [-0.4, -0.2) is 47.4 Å². The van der Waals surface area contributed by atoms with Gasteiger partial charge in [-0.1, -0.05) is 29.3 Å². The highest BCUT2D eigenvalue weighted by atomic mass is 35.5. The SMILES string of the molecule is COc1cc(OCC(=O)N(Cc2ccc(Cl)cc2Cl)[C@H](C)C(=O)NC(C)C)ccc1[N+](=O)[O-]. The van der Waals surface area contributed by atoms with Gasteiger partial charge in [0.05, 0.1) is 12.0 Å². The molecule has 1 atom stereocenters. The number of carbonyl (C=O) groups excluding carboxylic acids is 2. The molecule has 0 aliphatic heterocycles. The molecule has 0 bridgehead atoms. The summed E-state index contributed by atoms with van der Waals surface area (Å²) in [6.45, 7) is 4.88. The maximum absolute atomic E-state index is 13.1. The van der Waals surface area contributed by atoms with Gasteiger partial charge in [0.15, 0.2) is 6.61 Å². The van der Waals surface area contributed by atoms with Crippen molar-refractivity contribution in [1.29, 1.82) is 0 Å². The molecule has 33 heavy (non-hydrogen) atoms. The fourth-order valence-electron chi connectivity index (χ4n) is 2.95. The van der Waals surface area contributed by atoms with Gasteiger partial charge in [-0.2, -0.15) is 0 Å². The first kappa shape index (κ1) is 26.2. The maximum Gasteiger partial charge on any atom is 0.311 e. The van der Waals surface area contributed by atoms with Crippen LogP contribution < -0.4 is 14.8 Å². The summed E-state index contributed by atoms with van der Waals surface area (Å²) >= 11 is 12.2. The highest BCUT2D eigenvalue weighted by molar-refractivity contribution is 6.35. The first-order chi connectivity index (χ1) is 15.5. The molecule has 2 aromatic rings. The molecule has 2 amide bonds. The number of nitro benzene ring substituents is 1. The van der Waals surface area contributed by atoms with Crippen molar-refractivity contribution in [2.24, 2.45) is 0 Å². The number of nitrogens with zero attached hydrogens (tertiary/aromatic N) is 2. The molecular formula is C22H25Cl2N3O6. The number of benzene rings is 2. The van der Waals surface area contributed by atoms with Crippen molar-refractivity contribution in [3.63, 3.8) is 0 Å². The number of methoxy groups -OCH3 is 1. The molecule has 0 fully saturated rings. The molecule has 0 aliphatic carbocycles. The van der Waals surface area contributed by atoms with Crippen LogP contribution in [0.2, 0.25) is 10.0 Å². The summed E-state index contributed by atoms with van der Waals surface area (Å²) in [5.41, 5.74) is 0.379. The molecule has 9 nitrogen and oxygen atoms in total. The van der Waals surface area contributed by atoms with Gasteiger partial charge in [0.2, 0.25) is 11.7 Å². The molecule has 0 aliphatic rings. The van der Waals surface area contributed by atoms with E-state index in [2.05, 4.69) is 5.32 Å². The Kier molecular flexibility index (Phi) is 9.31. The summed E-state index contributed by atoms with van der Waals surface area (Å²) < 4.78 is 10.6. The standard InChI is InChI=1S/C22H25Cl2N3O6/c1-13(2)25-22(29)14(3)26(11-15-5-6-16(23)9-18(15)24)21(28)12-33-17-7-8-19(27(30)31)20(10-17)32-4/h5-10,13-14H,11-12H2,1-4H3,(H,25,29)/t14-/m1/s1.